The van der Waals surface area contributed by atoms with Crippen LogP contribution in [-0.2, 0) is 28.7 Å². The number of phenolic OH excluding ortho intramolecular Hbond substituents is 1. The van der Waals surface area contributed by atoms with Gasteiger partial charge in [-0.2, -0.15) is 13.2 Å². The molecule has 2 fully saturated rings. The van der Waals surface area contributed by atoms with Crippen molar-refractivity contribution >= 4 is 39.1 Å². The van der Waals surface area contributed by atoms with Crippen LogP contribution >= 0.6 is 11.3 Å². The fourth-order valence-electron chi connectivity index (χ4n) is 7.86. The van der Waals surface area contributed by atoms with Gasteiger partial charge >= 0.3 is 6.18 Å². The van der Waals surface area contributed by atoms with E-state index in [9.17, 15) is 32.7 Å². The minimum Gasteiger partial charge on any atom is -0.508 e. The summed E-state index contributed by atoms with van der Waals surface area (Å²) >= 11 is 1.34. The van der Waals surface area contributed by atoms with Crippen LogP contribution in [0, 0.1) is 0 Å². The zero-order valence-electron chi connectivity index (χ0n) is 31.7. The SMILES string of the molecule is O=C1CCC(N2Cc3cc(CCCCN4CCN(CCOc5ccc(Oc6c(-c7ccc(C(F)(F)F)cc7)sc7cc(O)ccc67)cc5)CC4)ccc3C2=O)C(=O)N1. The number of thiophene rings is 1. The minimum atomic E-state index is -4.43. The molecular formula is C44H43F3N4O6S. The van der Waals surface area contributed by atoms with E-state index in [0.717, 1.165) is 86.3 Å². The molecule has 0 spiro atoms. The van der Waals surface area contributed by atoms with E-state index in [4.69, 9.17) is 9.47 Å². The highest BCUT2D eigenvalue weighted by Gasteiger charge is 2.39. The number of nitrogens with zero attached hydrogens (tertiary/aromatic N) is 3. The molecule has 302 valence electrons. The third kappa shape index (κ3) is 8.83. The summed E-state index contributed by atoms with van der Waals surface area (Å²) in [6, 6.07) is 22.6. The Bertz CT molecular complexity index is 2310. The van der Waals surface area contributed by atoms with E-state index in [1.807, 2.05) is 24.3 Å². The maximum atomic E-state index is 13.2. The van der Waals surface area contributed by atoms with Crippen molar-refractivity contribution in [2.75, 3.05) is 45.9 Å². The monoisotopic (exact) mass is 812 g/mol. The van der Waals surface area contributed by atoms with E-state index < -0.39 is 23.7 Å². The summed E-state index contributed by atoms with van der Waals surface area (Å²) in [5.41, 5.74) is 2.63. The largest absolute Gasteiger partial charge is 0.508 e. The number of hydrogen-bond acceptors (Lipinski definition) is 9. The van der Waals surface area contributed by atoms with Crippen molar-refractivity contribution in [3.63, 3.8) is 0 Å². The van der Waals surface area contributed by atoms with Crippen molar-refractivity contribution in [3.05, 3.63) is 107 Å². The van der Waals surface area contributed by atoms with Gasteiger partial charge < -0.3 is 24.4 Å². The highest BCUT2D eigenvalue weighted by Crippen LogP contribution is 2.47. The number of ether oxygens (including phenoxy) is 2. The van der Waals surface area contributed by atoms with Gasteiger partial charge in [-0.05, 0) is 110 Å². The lowest BCUT2D eigenvalue weighted by atomic mass is 10.0. The van der Waals surface area contributed by atoms with Crippen molar-refractivity contribution in [2.45, 2.75) is 50.9 Å². The zero-order valence-corrected chi connectivity index (χ0v) is 32.5. The number of piperidine rings is 1. The van der Waals surface area contributed by atoms with Gasteiger partial charge in [0, 0.05) is 61.3 Å². The maximum Gasteiger partial charge on any atom is 0.416 e. The molecule has 1 unspecified atom stereocenters. The van der Waals surface area contributed by atoms with Crippen LogP contribution in [0.25, 0.3) is 20.5 Å². The Morgan fingerprint density at radius 3 is 2.28 bits per heavy atom. The van der Waals surface area contributed by atoms with Gasteiger partial charge in [-0.1, -0.05) is 24.3 Å². The number of carbonyl (C=O) groups is 3. The lowest BCUT2D eigenvalue weighted by Crippen LogP contribution is -2.52. The van der Waals surface area contributed by atoms with Crippen molar-refractivity contribution in [2.24, 2.45) is 0 Å². The lowest BCUT2D eigenvalue weighted by Gasteiger charge is -2.34. The standard InChI is InChI=1S/C44H43F3N4O6S/c45-44(46,47)31-7-5-29(6-8-31)41-40(36-15-9-32(52)26-38(36)58-41)57-34-12-10-33(11-13-34)56-24-23-50-21-19-49(20-22-50)18-2-1-3-28-4-14-35-30(25-28)27-51(43(35)55)37-16-17-39(53)48-42(37)54/h4-15,25-26,37,52H,1-3,16-24,27H2,(H,48,53,54). The van der Waals surface area contributed by atoms with Gasteiger partial charge in [-0.15, -0.1) is 11.3 Å². The zero-order chi connectivity index (χ0) is 40.4. The summed E-state index contributed by atoms with van der Waals surface area (Å²) in [7, 11) is 0. The van der Waals surface area contributed by atoms with Gasteiger partial charge in [0.2, 0.25) is 11.8 Å². The average Bonchev–Trinajstić information content (AvgIpc) is 3.73. The number of aryl methyl sites for hydroxylation is 1. The normalized spacial score (nSPS) is 17.8. The van der Waals surface area contributed by atoms with Crippen molar-refractivity contribution in [1.82, 2.24) is 20.0 Å². The molecule has 2 N–H and O–H groups in total. The number of rotatable bonds is 13. The number of unbranched alkanes of at least 4 members (excludes halogenated alkanes) is 1. The number of amides is 3. The van der Waals surface area contributed by atoms with E-state index in [2.05, 4.69) is 21.2 Å². The predicted octanol–water partition coefficient (Wildman–Crippen LogP) is 7.87. The second kappa shape index (κ2) is 16.8. The number of hydrogen-bond donors (Lipinski definition) is 2. The van der Waals surface area contributed by atoms with Crippen LogP contribution in [0.2, 0.25) is 0 Å². The molecule has 0 radical (unpaired) electrons. The highest BCUT2D eigenvalue weighted by molar-refractivity contribution is 7.22. The molecule has 58 heavy (non-hydrogen) atoms. The third-order valence-electron chi connectivity index (χ3n) is 11.1. The molecule has 3 amide bonds. The second-order valence-corrected chi connectivity index (χ2v) is 16.0. The number of phenols is 1. The molecule has 3 aliphatic heterocycles. The maximum absolute atomic E-state index is 13.2. The Morgan fingerprint density at radius 1 is 0.828 bits per heavy atom. The van der Waals surface area contributed by atoms with Crippen LogP contribution in [0.15, 0.2) is 84.9 Å². The molecule has 3 aliphatic rings. The number of imide groups is 1. The van der Waals surface area contributed by atoms with Crippen LogP contribution in [0.4, 0.5) is 13.2 Å². The molecule has 4 heterocycles. The number of fused-ring (bicyclic) bond motifs is 2. The first kappa shape index (κ1) is 39.4. The smallest absolute Gasteiger partial charge is 0.416 e. The summed E-state index contributed by atoms with van der Waals surface area (Å²) in [5, 5.41) is 13.2. The second-order valence-electron chi connectivity index (χ2n) is 15.0. The molecule has 1 atom stereocenters. The van der Waals surface area contributed by atoms with E-state index in [1.54, 1.807) is 35.2 Å². The first-order chi connectivity index (χ1) is 28.0. The van der Waals surface area contributed by atoms with E-state index in [-0.39, 0.29) is 24.0 Å². The van der Waals surface area contributed by atoms with E-state index in [0.29, 0.717) is 52.8 Å². The van der Waals surface area contributed by atoms with E-state index in [1.165, 1.54) is 29.0 Å². The molecule has 0 saturated carbocycles. The van der Waals surface area contributed by atoms with Gasteiger partial charge in [0.1, 0.15) is 29.9 Å². The number of alkyl halides is 3. The van der Waals surface area contributed by atoms with Crippen LogP contribution in [0.3, 0.4) is 0 Å². The number of halogens is 3. The lowest BCUT2D eigenvalue weighted by molar-refractivity contribution is -0.138. The molecule has 8 rings (SSSR count). The Kier molecular flexibility index (Phi) is 11.4. The summed E-state index contributed by atoms with van der Waals surface area (Å²) in [5.74, 6) is 1.02. The fraction of sp³-hybridized carbons (Fsp3) is 0.341. The quantitative estimate of drug-likeness (QED) is 0.0914. The molecule has 0 aliphatic carbocycles. The molecule has 0 bridgehead atoms. The van der Waals surface area contributed by atoms with Crippen LogP contribution < -0.4 is 14.8 Å². The topological polar surface area (TPSA) is 112 Å². The Hall–Kier alpha value is -5.44. The number of aromatic hydroxyl groups is 1. The Labute approximate surface area is 337 Å². The molecule has 4 aromatic carbocycles. The van der Waals surface area contributed by atoms with Gasteiger partial charge in [-0.3, -0.25) is 24.6 Å². The van der Waals surface area contributed by atoms with Crippen molar-refractivity contribution in [3.8, 4) is 33.4 Å². The number of carbonyl (C=O) groups excluding carboxylic acids is 3. The van der Waals surface area contributed by atoms with Crippen LogP contribution in [0.5, 0.6) is 23.0 Å². The molecule has 2 saturated heterocycles. The average molecular weight is 813 g/mol. The van der Waals surface area contributed by atoms with Crippen LogP contribution in [0.1, 0.15) is 52.7 Å². The Morgan fingerprint density at radius 2 is 1.55 bits per heavy atom. The van der Waals surface area contributed by atoms with Crippen molar-refractivity contribution < 1.29 is 42.1 Å². The number of nitrogens with one attached hydrogen (secondary N) is 1. The first-order valence-corrected chi connectivity index (χ1v) is 20.4. The molecule has 14 heteroatoms. The Balaban J connectivity index is 0.760. The summed E-state index contributed by atoms with van der Waals surface area (Å²) in [4.78, 5) is 44.1. The van der Waals surface area contributed by atoms with Crippen LogP contribution in [-0.4, -0.2) is 89.4 Å². The summed E-state index contributed by atoms with van der Waals surface area (Å²) < 4.78 is 52.8. The van der Waals surface area contributed by atoms with Gasteiger partial charge in [0.15, 0.2) is 5.75 Å². The highest BCUT2D eigenvalue weighted by atomic mass is 32.1. The minimum absolute atomic E-state index is 0.0901. The predicted molar refractivity (Wildman–Crippen MR) is 214 cm³/mol. The molecule has 1 aromatic heterocycles. The molecule has 10 nitrogen and oxygen atoms in total. The van der Waals surface area contributed by atoms with Gasteiger partial charge in [-0.25, -0.2) is 0 Å². The van der Waals surface area contributed by atoms with Crippen molar-refractivity contribution in [1.29, 1.82) is 0 Å². The molecular weight excluding hydrogens is 770 g/mol. The van der Waals surface area contributed by atoms with Gasteiger partial charge in [0.25, 0.3) is 5.91 Å². The molecule has 5 aromatic rings. The fourth-order valence-corrected chi connectivity index (χ4v) is 9.03. The number of benzene rings is 4. The first-order valence-electron chi connectivity index (χ1n) is 19.5. The van der Waals surface area contributed by atoms with Gasteiger partial charge in [0.05, 0.1) is 10.4 Å². The third-order valence-corrected chi connectivity index (χ3v) is 12.2. The number of piperazine rings is 1. The summed E-state index contributed by atoms with van der Waals surface area (Å²) in [6.07, 6.45) is -0.796. The van der Waals surface area contributed by atoms with E-state index >= 15 is 0 Å². The summed E-state index contributed by atoms with van der Waals surface area (Å²) in [6.45, 7) is 6.68.